The van der Waals surface area contributed by atoms with Crippen molar-refractivity contribution >= 4 is 11.6 Å². The highest BCUT2D eigenvalue weighted by atomic mass is 16.1. The fourth-order valence-corrected chi connectivity index (χ4v) is 1.40. The second-order valence-corrected chi connectivity index (χ2v) is 4.36. The zero-order chi connectivity index (χ0) is 11.5. The Morgan fingerprint density at radius 1 is 1.33 bits per heavy atom. The van der Waals surface area contributed by atoms with E-state index in [0.717, 1.165) is 5.56 Å². The zero-order valence-electron chi connectivity index (χ0n) is 9.16. The number of hydrogen-bond acceptors (Lipinski definition) is 2. The molecule has 15 heavy (non-hydrogen) atoms. The first-order chi connectivity index (χ1) is 6.95. The summed E-state index contributed by atoms with van der Waals surface area (Å²) >= 11 is 0. The maximum atomic E-state index is 11.0. The van der Waals surface area contributed by atoms with E-state index in [-0.39, 0.29) is 5.41 Å². The quantitative estimate of drug-likeness (QED) is 0.711. The highest BCUT2D eigenvalue weighted by Crippen LogP contribution is 2.28. The molecule has 0 saturated heterocycles. The number of para-hydroxylation sites is 1. The Kier molecular flexibility index (Phi) is 3.11. The summed E-state index contributed by atoms with van der Waals surface area (Å²) in [6.07, 6.45) is 0. The minimum absolute atomic E-state index is 0.0562. The topological polar surface area (TPSA) is 52.9 Å². The van der Waals surface area contributed by atoms with E-state index in [0.29, 0.717) is 5.69 Å². The molecule has 1 N–H and O–H groups in total. The minimum atomic E-state index is -0.633. The van der Waals surface area contributed by atoms with Crippen LogP contribution in [0.5, 0.6) is 0 Å². The second-order valence-electron chi connectivity index (χ2n) is 4.36. The van der Waals surface area contributed by atoms with Crippen LogP contribution >= 0.6 is 0 Å². The van der Waals surface area contributed by atoms with E-state index in [2.05, 4.69) is 26.1 Å². The predicted molar refractivity (Wildman–Crippen MR) is 59.4 cm³/mol. The Morgan fingerprint density at radius 2 is 1.93 bits per heavy atom. The predicted octanol–water partition coefficient (Wildman–Crippen LogP) is 2.45. The minimum Gasteiger partial charge on any atom is -0.313 e. The molecule has 0 heterocycles. The molecular weight excluding hydrogens is 188 g/mol. The van der Waals surface area contributed by atoms with Crippen LogP contribution in [-0.2, 0) is 10.2 Å². The normalized spacial score (nSPS) is 10.5. The van der Waals surface area contributed by atoms with Crippen molar-refractivity contribution in [2.24, 2.45) is 0 Å². The van der Waals surface area contributed by atoms with Gasteiger partial charge in [0.2, 0.25) is 0 Å². The molecule has 0 aromatic heterocycles. The molecule has 0 atom stereocenters. The number of nitriles is 1. The molecule has 0 unspecified atom stereocenters. The molecule has 0 aliphatic carbocycles. The van der Waals surface area contributed by atoms with Gasteiger partial charge in [0.25, 0.3) is 0 Å². The monoisotopic (exact) mass is 202 g/mol. The molecule has 0 fully saturated rings. The third-order valence-electron chi connectivity index (χ3n) is 2.08. The van der Waals surface area contributed by atoms with Gasteiger partial charge in [0.15, 0.2) is 6.07 Å². The van der Waals surface area contributed by atoms with Crippen LogP contribution in [0.2, 0.25) is 0 Å². The first kappa shape index (κ1) is 11.3. The number of nitrogens with one attached hydrogen (secondary N) is 1. The highest BCUT2D eigenvalue weighted by molar-refractivity contribution is 6.02. The van der Waals surface area contributed by atoms with E-state index in [4.69, 9.17) is 5.26 Å². The van der Waals surface area contributed by atoms with Crippen molar-refractivity contribution in [3.63, 3.8) is 0 Å². The first-order valence-corrected chi connectivity index (χ1v) is 4.76. The van der Waals surface area contributed by atoms with E-state index in [9.17, 15) is 4.79 Å². The van der Waals surface area contributed by atoms with Gasteiger partial charge in [0, 0.05) is 5.69 Å². The van der Waals surface area contributed by atoms with Crippen LogP contribution in [0.25, 0.3) is 0 Å². The number of nitrogens with zero attached hydrogens (tertiary/aromatic N) is 1. The highest BCUT2D eigenvalue weighted by Gasteiger charge is 2.18. The van der Waals surface area contributed by atoms with Crippen LogP contribution in [0.15, 0.2) is 24.3 Å². The van der Waals surface area contributed by atoms with E-state index >= 15 is 0 Å². The Bertz CT molecular complexity index is 410. The molecule has 0 saturated carbocycles. The van der Waals surface area contributed by atoms with Crippen LogP contribution in [0.4, 0.5) is 5.69 Å². The summed E-state index contributed by atoms with van der Waals surface area (Å²) in [5.74, 6) is -0.633. The SMILES string of the molecule is CC(C)(C)c1ccccc1NC(=O)C#N. The first-order valence-electron chi connectivity index (χ1n) is 4.76. The van der Waals surface area contributed by atoms with Crippen LogP contribution < -0.4 is 5.32 Å². The number of benzene rings is 1. The molecule has 1 aromatic carbocycles. The molecule has 3 heteroatoms. The van der Waals surface area contributed by atoms with E-state index in [1.807, 2.05) is 18.2 Å². The Labute approximate surface area is 89.7 Å². The zero-order valence-corrected chi connectivity index (χ0v) is 9.16. The summed E-state index contributed by atoms with van der Waals surface area (Å²) in [5, 5.41) is 11.0. The van der Waals surface area contributed by atoms with Crippen LogP contribution in [0.3, 0.4) is 0 Å². The van der Waals surface area contributed by atoms with Gasteiger partial charge in [-0.1, -0.05) is 39.0 Å². The Balaban J connectivity index is 3.09. The molecule has 0 radical (unpaired) electrons. The van der Waals surface area contributed by atoms with Crippen LogP contribution in [0, 0.1) is 11.3 Å². The van der Waals surface area contributed by atoms with Crippen molar-refractivity contribution in [2.45, 2.75) is 26.2 Å². The van der Waals surface area contributed by atoms with Crippen LogP contribution in [0.1, 0.15) is 26.3 Å². The lowest BCUT2D eigenvalue weighted by Crippen LogP contribution is -2.17. The average Bonchev–Trinajstić information content (AvgIpc) is 2.17. The van der Waals surface area contributed by atoms with Gasteiger partial charge in [-0.2, -0.15) is 5.26 Å². The average molecular weight is 202 g/mol. The van der Waals surface area contributed by atoms with Gasteiger partial charge in [-0.05, 0) is 17.0 Å². The number of carbonyl (C=O) groups is 1. The maximum Gasteiger partial charge on any atom is 0.326 e. The van der Waals surface area contributed by atoms with E-state index in [1.54, 1.807) is 12.1 Å². The molecule has 1 rings (SSSR count). The summed E-state index contributed by atoms with van der Waals surface area (Å²) in [6.45, 7) is 6.18. The Morgan fingerprint density at radius 3 is 2.47 bits per heavy atom. The van der Waals surface area contributed by atoms with Crippen molar-refractivity contribution in [3.05, 3.63) is 29.8 Å². The molecule has 3 nitrogen and oxygen atoms in total. The molecular formula is C12H14N2O. The van der Waals surface area contributed by atoms with Crippen LogP contribution in [-0.4, -0.2) is 5.91 Å². The van der Waals surface area contributed by atoms with Crippen molar-refractivity contribution in [1.29, 1.82) is 5.26 Å². The number of amides is 1. The lowest BCUT2D eigenvalue weighted by atomic mass is 9.86. The standard InChI is InChI=1S/C12H14N2O/c1-12(2,3)9-6-4-5-7-10(9)14-11(15)8-13/h4-7H,1-3H3,(H,14,15). The molecule has 78 valence electrons. The molecule has 1 aromatic rings. The lowest BCUT2D eigenvalue weighted by molar-refractivity contribution is -0.111. The number of hydrogen-bond donors (Lipinski definition) is 1. The van der Waals surface area contributed by atoms with Gasteiger partial charge >= 0.3 is 5.91 Å². The van der Waals surface area contributed by atoms with Crippen molar-refractivity contribution in [3.8, 4) is 6.07 Å². The molecule has 0 bridgehead atoms. The Hall–Kier alpha value is -1.82. The molecule has 1 amide bonds. The summed E-state index contributed by atoms with van der Waals surface area (Å²) in [4.78, 5) is 11.0. The summed E-state index contributed by atoms with van der Waals surface area (Å²) in [6, 6.07) is 9.05. The number of anilines is 1. The van der Waals surface area contributed by atoms with Gasteiger partial charge < -0.3 is 5.32 Å². The van der Waals surface area contributed by atoms with Gasteiger partial charge in [0.1, 0.15) is 0 Å². The van der Waals surface area contributed by atoms with Gasteiger partial charge in [-0.15, -0.1) is 0 Å². The largest absolute Gasteiger partial charge is 0.326 e. The third-order valence-corrected chi connectivity index (χ3v) is 2.08. The summed E-state index contributed by atoms with van der Waals surface area (Å²) < 4.78 is 0. The fourth-order valence-electron chi connectivity index (χ4n) is 1.40. The van der Waals surface area contributed by atoms with Crippen molar-refractivity contribution in [2.75, 3.05) is 5.32 Å². The number of rotatable bonds is 1. The second kappa shape index (κ2) is 4.14. The molecule has 0 aliphatic rings. The van der Waals surface area contributed by atoms with Crippen molar-refractivity contribution in [1.82, 2.24) is 0 Å². The number of carbonyl (C=O) groups excluding carboxylic acids is 1. The van der Waals surface area contributed by atoms with Gasteiger partial charge in [-0.25, -0.2) is 0 Å². The summed E-state index contributed by atoms with van der Waals surface area (Å²) in [7, 11) is 0. The molecule has 0 aliphatic heterocycles. The lowest BCUT2D eigenvalue weighted by Gasteiger charge is -2.22. The maximum absolute atomic E-state index is 11.0. The fraction of sp³-hybridized carbons (Fsp3) is 0.333. The van der Waals surface area contributed by atoms with E-state index in [1.165, 1.54) is 0 Å². The van der Waals surface area contributed by atoms with Crippen molar-refractivity contribution < 1.29 is 4.79 Å². The smallest absolute Gasteiger partial charge is 0.313 e. The molecule has 0 spiro atoms. The van der Waals surface area contributed by atoms with E-state index < -0.39 is 5.91 Å². The van der Waals surface area contributed by atoms with Gasteiger partial charge in [0.05, 0.1) is 0 Å². The third kappa shape index (κ3) is 2.81. The summed E-state index contributed by atoms with van der Waals surface area (Å²) in [5.41, 5.74) is 1.67. The van der Waals surface area contributed by atoms with Gasteiger partial charge in [-0.3, -0.25) is 4.79 Å².